The molecule has 2 aliphatic heterocycles. The van der Waals surface area contributed by atoms with Crippen LogP contribution in [-0.4, -0.2) is 44.9 Å². The largest absolute Gasteiger partial charge is 0.495 e. The average molecular weight is 449 g/mol. The van der Waals surface area contributed by atoms with Gasteiger partial charge in [-0.2, -0.15) is 4.31 Å². The second-order valence-electron chi connectivity index (χ2n) is 7.65. The summed E-state index contributed by atoms with van der Waals surface area (Å²) in [6, 6.07) is 9.80. The lowest BCUT2D eigenvalue weighted by Crippen LogP contribution is -2.39. The van der Waals surface area contributed by atoms with E-state index in [9.17, 15) is 17.6 Å². The Balaban J connectivity index is 1.50. The van der Waals surface area contributed by atoms with Gasteiger partial charge in [0.15, 0.2) is 0 Å². The van der Waals surface area contributed by atoms with Crippen LogP contribution in [0.1, 0.15) is 30.9 Å². The number of rotatable bonds is 6. The molecule has 2 aliphatic rings. The molecule has 31 heavy (non-hydrogen) atoms. The van der Waals surface area contributed by atoms with Gasteiger partial charge in [0.05, 0.1) is 7.11 Å². The summed E-state index contributed by atoms with van der Waals surface area (Å²) >= 11 is 0. The quantitative estimate of drug-likeness (QED) is 0.626. The topological polar surface area (TPSA) is 99.8 Å². The number of ether oxygens (including phenoxy) is 1. The second kappa shape index (κ2) is 8.91. The lowest BCUT2D eigenvalue weighted by Gasteiger charge is -2.19. The van der Waals surface area contributed by atoms with Crippen LogP contribution in [0.4, 0.5) is 10.1 Å². The van der Waals surface area contributed by atoms with E-state index in [2.05, 4.69) is 16.2 Å². The number of halogens is 1. The Morgan fingerprint density at radius 2 is 1.84 bits per heavy atom. The fourth-order valence-corrected chi connectivity index (χ4v) is 5.60. The Hall–Kier alpha value is -2.53. The normalized spacial score (nSPS) is 21.9. The van der Waals surface area contributed by atoms with Crippen LogP contribution in [0.25, 0.3) is 0 Å². The maximum Gasteiger partial charge on any atom is 0.246 e. The Morgan fingerprint density at radius 1 is 1.13 bits per heavy atom. The zero-order valence-electron chi connectivity index (χ0n) is 17.1. The van der Waals surface area contributed by atoms with Gasteiger partial charge in [0, 0.05) is 24.8 Å². The molecule has 2 fully saturated rings. The monoisotopic (exact) mass is 448 g/mol. The van der Waals surface area contributed by atoms with Crippen molar-refractivity contribution in [2.24, 2.45) is 0 Å². The van der Waals surface area contributed by atoms with Gasteiger partial charge in [-0.05, 0) is 61.2 Å². The van der Waals surface area contributed by atoms with Crippen molar-refractivity contribution in [1.82, 2.24) is 15.2 Å². The molecule has 2 heterocycles. The van der Waals surface area contributed by atoms with Crippen molar-refractivity contribution in [1.29, 1.82) is 0 Å². The number of benzene rings is 2. The Labute approximate surface area is 180 Å². The van der Waals surface area contributed by atoms with Crippen LogP contribution in [0.2, 0.25) is 0 Å². The molecule has 0 spiro atoms. The van der Waals surface area contributed by atoms with Gasteiger partial charge in [0.2, 0.25) is 15.9 Å². The zero-order chi connectivity index (χ0) is 22.0. The predicted molar refractivity (Wildman–Crippen MR) is 113 cm³/mol. The van der Waals surface area contributed by atoms with Crippen LogP contribution in [0.15, 0.2) is 47.4 Å². The van der Waals surface area contributed by atoms with Crippen molar-refractivity contribution in [3.05, 3.63) is 53.8 Å². The number of methoxy groups -OCH3 is 1. The van der Waals surface area contributed by atoms with E-state index in [4.69, 9.17) is 4.74 Å². The highest BCUT2D eigenvalue weighted by Gasteiger charge is 2.34. The molecule has 166 valence electrons. The molecule has 2 aromatic carbocycles. The number of hydrogen-bond acceptors (Lipinski definition) is 6. The molecule has 2 aromatic rings. The fraction of sp³-hybridized carbons (Fsp3) is 0.381. The van der Waals surface area contributed by atoms with E-state index in [0.29, 0.717) is 30.9 Å². The minimum atomic E-state index is -3.66. The summed E-state index contributed by atoms with van der Waals surface area (Å²) in [6.45, 7) is 1.01. The number of carbonyl (C=O) groups excluding carboxylic acids is 1. The van der Waals surface area contributed by atoms with E-state index in [1.807, 2.05) is 0 Å². The highest BCUT2D eigenvalue weighted by Crippen LogP contribution is 2.33. The first kappa shape index (κ1) is 21.7. The van der Waals surface area contributed by atoms with Crippen molar-refractivity contribution in [3.8, 4) is 5.75 Å². The summed E-state index contributed by atoms with van der Waals surface area (Å²) in [5.74, 6) is -0.342. The van der Waals surface area contributed by atoms with Crippen molar-refractivity contribution in [2.45, 2.75) is 36.2 Å². The van der Waals surface area contributed by atoms with Gasteiger partial charge in [0.25, 0.3) is 0 Å². The first-order valence-corrected chi connectivity index (χ1v) is 11.6. The lowest BCUT2D eigenvalue weighted by atomic mass is 10.0. The minimum absolute atomic E-state index is 0.135. The van der Waals surface area contributed by atoms with Crippen molar-refractivity contribution >= 4 is 21.6 Å². The highest BCUT2D eigenvalue weighted by molar-refractivity contribution is 7.89. The van der Waals surface area contributed by atoms with Crippen molar-refractivity contribution < 1.29 is 22.3 Å². The third-order valence-corrected chi connectivity index (χ3v) is 7.52. The molecule has 4 rings (SSSR count). The summed E-state index contributed by atoms with van der Waals surface area (Å²) in [4.78, 5) is 12.7. The molecule has 1 amide bonds. The number of hydrazine groups is 1. The molecule has 8 nitrogen and oxygen atoms in total. The minimum Gasteiger partial charge on any atom is -0.495 e. The molecule has 0 bridgehead atoms. The summed E-state index contributed by atoms with van der Waals surface area (Å²) in [5, 5.41) is 2.74. The van der Waals surface area contributed by atoms with Crippen molar-refractivity contribution in [2.75, 3.05) is 25.5 Å². The lowest BCUT2D eigenvalue weighted by molar-refractivity contribution is -0.117. The molecule has 0 aromatic heterocycles. The molecule has 2 saturated heterocycles. The number of amides is 1. The highest BCUT2D eigenvalue weighted by atomic mass is 32.2. The Bertz CT molecular complexity index is 1060. The average Bonchev–Trinajstić information content (AvgIpc) is 3.48. The summed E-state index contributed by atoms with van der Waals surface area (Å²) in [5.41, 5.74) is 7.25. The van der Waals surface area contributed by atoms with E-state index in [-0.39, 0.29) is 22.7 Å². The summed E-state index contributed by atoms with van der Waals surface area (Å²) in [7, 11) is -2.21. The van der Waals surface area contributed by atoms with Crippen LogP contribution in [0.5, 0.6) is 5.75 Å². The van der Waals surface area contributed by atoms with Gasteiger partial charge in [-0.25, -0.2) is 23.7 Å². The Morgan fingerprint density at radius 3 is 2.52 bits per heavy atom. The van der Waals surface area contributed by atoms with Gasteiger partial charge in [0.1, 0.15) is 22.5 Å². The standard InChI is InChI=1S/C21H25FN4O4S/c1-30-19-9-4-14(12-20(19)31(28,29)26-10-2-3-11-26)17-13-18(25-24-17)21(27)23-16-7-5-15(22)6-8-16/h4-9,12,17-18,24-25H,2-3,10-11,13H2,1H3,(H,23,27). The first-order valence-electron chi connectivity index (χ1n) is 10.1. The van der Waals surface area contributed by atoms with E-state index in [0.717, 1.165) is 18.4 Å². The van der Waals surface area contributed by atoms with Crippen LogP contribution in [0.3, 0.4) is 0 Å². The zero-order valence-corrected chi connectivity index (χ0v) is 17.9. The summed E-state index contributed by atoms with van der Waals surface area (Å²) in [6.07, 6.45) is 2.11. The second-order valence-corrected chi connectivity index (χ2v) is 9.55. The molecule has 3 N–H and O–H groups in total. The molecule has 0 saturated carbocycles. The van der Waals surface area contributed by atoms with E-state index < -0.39 is 16.1 Å². The molecule has 2 unspecified atom stereocenters. The third kappa shape index (κ3) is 4.57. The number of carbonyl (C=O) groups is 1. The van der Waals surface area contributed by atoms with Gasteiger partial charge in [-0.1, -0.05) is 6.07 Å². The Kier molecular flexibility index (Phi) is 6.24. The van der Waals surface area contributed by atoms with E-state index >= 15 is 0 Å². The van der Waals surface area contributed by atoms with E-state index in [1.165, 1.54) is 35.7 Å². The number of anilines is 1. The van der Waals surface area contributed by atoms with Gasteiger partial charge < -0.3 is 10.1 Å². The maximum atomic E-state index is 13.1. The molecular weight excluding hydrogens is 423 g/mol. The molecule has 2 atom stereocenters. The number of hydrogen-bond donors (Lipinski definition) is 3. The van der Waals surface area contributed by atoms with E-state index in [1.54, 1.807) is 18.2 Å². The van der Waals surface area contributed by atoms with Crippen molar-refractivity contribution in [3.63, 3.8) is 0 Å². The molecule has 0 radical (unpaired) electrons. The fourth-order valence-electron chi connectivity index (χ4n) is 3.89. The number of nitrogens with zero attached hydrogens (tertiary/aromatic N) is 1. The van der Waals surface area contributed by atoms with Gasteiger partial charge in [-0.15, -0.1) is 0 Å². The van der Waals surface area contributed by atoms with Crippen LogP contribution < -0.4 is 20.9 Å². The molecule has 10 heteroatoms. The molecular formula is C21H25FN4O4S. The maximum absolute atomic E-state index is 13.1. The van der Waals surface area contributed by atoms with Crippen LogP contribution in [0, 0.1) is 5.82 Å². The number of nitrogens with one attached hydrogen (secondary N) is 3. The van der Waals surface area contributed by atoms with Gasteiger partial charge in [-0.3, -0.25) is 4.79 Å². The van der Waals surface area contributed by atoms with Gasteiger partial charge >= 0.3 is 0 Å². The summed E-state index contributed by atoms with van der Waals surface area (Å²) < 4.78 is 46.0. The smallest absolute Gasteiger partial charge is 0.246 e. The predicted octanol–water partition coefficient (Wildman–Crippen LogP) is 2.17. The first-order chi connectivity index (χ1) is 14.9. The van der Waals surface area contributed by atoms with Crippen LogP contribution in [-0.2, 0) is 14.8 Å². The molecule has 0 aliphatic carbocycles. The third-order valence-electron chi connectivity index (χ3n) is 5.60. The van der Waals surface area contributed by atoms with Crippen LogP contribution >= 0.6 is 0 Å². The SMILES string of the molecule is COc1ccc(C2CC(C(=O)Nc3ccc(F)cc3)NN2)cc1S(=O)(=O)N1CCCC1. The number of sulfonamides is 1.